The molecule has 2 amide bonds. The lowest BCUT2D eigenvalue weighted by Gasteiger charge is -2.28. The van der Waals surface area contributed by atoms with Crippen molar-refractivity contribution in [3.63, 3.8) is 0 Å². The molecule has 6 heteroatoms. The van der Waals surface area contributed by atoms with E-state index in [0.29, 0.717) is 30.4 Å². The van der Waals surface area contributed by atoms with Crippen LogP contribution in [0.3, 0.4) is 0 Å². The van der Waals surface area contributed by atoms with E-state index in [1.165, 1.54) is 0 Å². The number of carbonyl (C=O) groups excluding carboxylic acids is 2. The first-order valence-corrected chi connectivity index (χ1v) is 12.9. The van der Waals surface area contributed by atoms with Crippen molar-refractivity contribution in [1.29, 1.82) is 0 Å². The first kappa shape index (κ1) is 24.9. The van der Waals surface area contributed by atoms with Crippen molar-refractivity contribution in [3.05, 3.63) is 89.5 Å². The summed E-state index contributed by atoms with van der Waals surface area (Å²) in [6.45, 7) is 0.610. The summed E-state index contributed by atoms with van der Waals surface area (Å²) in [6, 6.07) is 18.2. The minimum atomic E-state index is -0.718. The lowest BCUT2D eigenvalue weighted by Crippen LogP contribution is -2.43. The molecular weight excluding hydrogens is 472 g/mol. The number of hydrogen-bond donors (Lipinski definition) is 2. The topological polar surface area (TPSA) is 78.1 Å². The Bertz CT molecular complexity index is 1470. The molecule has 38 heavy (non-hydrogen) atoms. The van der Waals surface area contributed by atoms with Crippen LogP contribution in [-0.2, 0) is 9.59 Å². The van der Waals surface area contributed by atoms with Crippen molar-refractivity contribution in [2.45, 2.75) is 44.2 Å². The Hall–Kier alpha value is -4.73. The van der Waals surface area contributed by atoms with E-state index in [-0.39, 0.29) is 17.9 Å². The molecule has 1 aromatic heterocycles. The summed E-state index contributed by atoms with van der Waals surface area (Å²) in [4.78, 5) is 36.0. The second kappa shape index (κ2) is 12.0. The van der Waals surface area contributed by atoms with Crippen LogP contribution in [-0.4, -0.2) is 33.2 Å². The molecule has 1 saturated carbocycles. The highest BCUT2D eigenvalue weighted by Crippen LogP contribution is 2.34. The number of nitrogens with one attached hydrogen (secondary N) is 2. The molecule has 0 spiro atoms. The van der Waals surface area contributed by atoms with Crippen LogP contribution < -0.4 is 5.32 Å². The number of amides is 2. The van der Waals surface area contributed by atoms with E-state index in [1.807, 2.05) is 65.6 Å². The van der Waals surface area contributed by atoms with Crippen LogP contribution in [0.1, 0.15) is 66.8 Å². The maximum absolute atomic E-state index is 13.8. The minimum Gasteiger partial charge on any atom is -0.341 e. The second-order valence-corrected chi connectivity index (χ2v) is 9.55. The van der Waals surface area contributed by atoms with E-state index in [9.17, 15) is 9.59 Å². The van der Waals surface area contributed by atoms with E-state index in [4.69, 9.17) is 0 Å². The average molecular weight is 501 g/mol. The summed E-state index contributed by atoms with van der Waals surface area (Å²) in [5, 5.41) is 3.00. The first-order chi connectivity index (χ1) is 18.7. The Morgan fingerprint density at radius 3 is 2.39 bits per heavy atom. The maximum atomic E-state index is 13.8. The van der Waals surface area contributed by atoms with Crippen LogP contribution in [0.25, 0.3) is 0 Å². The molecule has 5 rings (SSSR count). The summed E-state index contributed by atoms with van der Waals surface area (Å²) in [5.74, 6) is 17.9. The van der Waals surface area contributed by atoms with Gasteiger partial charge in [-0.25, -0.2) is 4.98 Å². The molecule has 2 aliphatic rings. The molecular formula is C32H28N4O2. The van der Waals surface area contributed by atoms with Crippen molar-refractivity contribution >= 4 is 11.8 Å². The number of aromatic nitrogens is 2. The first-order valence-electron chi connectivity index (χ1n) is 12.9. The summed E-state index contributed by atoms with van der Waals surface area (Å²) in [6.07, 6.45) is 5.96. The maximum Gasteiger partial charge on any atom is 0.250 e. The highest BCUT2D eigenvalue weighted by atomic mass is 16.2. The van der Waals surface area contributed by atoms with Crippen molar-refractivity contribution in [3.8, 4) is 35.5 Å². The molecule has 2 N–H and O–H groups in total. The molecule has 3 aromatic rings. The Morgan fingerprint density at radius 2 is 1.66 bits per heavy atom. The highest BCUT2D eigenvalue weighted by Gasteiger charge is 2.37. The van der Waals surface area contributed by atoms with Crippen LogP contribution >= 0.6 is 0 Å². The summed E-state index contributed by atoms with van der Waals surface area (Å²) in [7, 11) is 0. The third-order valence-corrected chi connectivity index (χ3v) is 6.67. The van der Waals surface area contributed by atoms with Gasteiger partial charge in [0.2, 0.25) is 11.8 Å². The highest BCUT2D eigenvalue weighted by molar-refractivity contribution is 5.89. The third-order valence-electron chi connectivity index (χ3n) is 6.67. The number of hydrogen-bond acceptors (Lipinski definition) is 3. The number of H-pyrrole nitrogens is 1. The van der Waals surface area contributed by atoms with Gasteiger partial charge in [0, 0.05) is 18.5 Å². The summed E-state index contributed by atoms with van der Waals surface area (Å²) >= 11 is 0. The quantitative estimate of drug-likeness (QED) is 0.500. The summed E-state index contributed by atoms with van der Waals surface area (Å²) < 4.78 is 0. The van der Waals surface area contributed by atoms with Crippen LogP contribution in [0.2, 0.25) is 0 Å². The number of nitrogens with zero attached hydrogens (tertiary/aromatic N) is 2. The van der Waals surface area contributed by atoms with Gasteiger partial charge in [-0.05, 0) is 78.9 Å². The lowest BCUT2D eigenvalue weighted by molar-refractivity contribution is -0.137. The van der Waals surface area contributed by atoms with Gasteiger partial charge in [0.15, 0.2) is 0 Å². The van der Waals surface area contributed by atoms with Gasteiger partial charge in [-0.2, -0.15) is 0 Å². The normalized spacial score (nSPS) is 16.6. The second-order valence-electron chi connectivity index (χ2n) is 9.55. The van der Waals surface area contributed by atoms with Gasteiger partial charge >= 0.3 is 0 Å². The van der Waals surface area contributed by atoms with Gasteiger partial charge in [-0.1, -0.05) is 54.5 Å². The van der Waals surface area contributed by atoms with E-state index in [0.717, 1.165) is 36.8 Å². The van der Waals surface area contributed by atoms with Crippen LogP contribution in [0.15, 0.2) is 66.9 Å². The number of aromatic amines is 1. The molecule has 188 valence electrons. The fraction of sp³-hybridized carbons (Fsp3) is 0.281. The molecule has 2 heterocycles. The predicted octanol–water partition coefficient (Wildman–Crippen LogP) is 4.14. The Labute approximate surface area is 223 Å². The van der Waals surface area contributed by atoms with Gasteiger partial charge in [-0.15, -0.1) is 0 Å². The Morgan fingerprint density at radius 1 is 0.947 bits per heavy atom. The molecule has 1 saturated heterocycles. The van der Waals surface area contributed by atoms with Gasteiger partial charge in [-0.3, -0.25) is 9.59 Å². The number of likely N-dealkylation sites (tertiary alicyclic amines) is 1. The number of rotatable bonds is 6. The molecule has 2 aromatic carbocycles. The largest absolute Gasteiger partial charge is 0.341 e. The van der Waals surface area contributed by atoms with Crippen LogP contribution in [0.4, 0.5) is 0 Å². The van der Waals surface area contributed by atoms with Crippen molar-refractivity contribution in [1.82, 2.24) is 20.2 Å². The Balaban J connectivity index is 1.27. The molecule has 0 unspecified atom stereocenters. The number of benzene rings is 2. The number of carbonyl (C=O) groups is 2. The zero-order valence-corrected chi connectivity index (χ0v) is 21.0. The third kappa shape index (κ3) is 6.52. The van der Waals surface area contributed by atoms with Crippen molar-refractivity contribution in [2.75, 3.05) is 6.54 Å². The number of imidazole rings is 1. The SMILES string of the molecule is O=C(CC1CC1)N[C@H](C(=O)N1CCC[C@@H]1c1ncc(C#CC#CC#Cc2ccccc2)[nH]1)c1ccccc1. The fourth-order valence-corrected chi connectivity index (χ4v) is 4.57. The van der Waals surface area contributed by atoms with Crippen molar-refractivity contribution < 1.29 is 9.59 Å². The van der Waals surface area contributed by atoms with Gasteiger partial charge < -0.3 is 15.2 Å². The van der Waals surface area contributed by atoms with Gasteiger partial charge in [0.1, 0.15) is 17.6 Å². The zero-order chi connectivity index (χ0) is 26.2. The Kier molecular flexibility index (Phi) is 7.88. The van der Waals surface area contributed by atoms with Crippen molar-refractivity contribution in [2.24, 2.45) is 5.92 Å². The average Bonchev–Trinajstić information content (AvgIpc) is 3.41. The minimum absolute atomic E-state index is 0.0735. The molecule has 0 bridgehead atoms. The molecule has 6 nitrogen and oxygen atoms in total. The van der Waals surface area contributed by atoms with Gasteiger partial charge in [0.25, 0.3) is 0 Å². The van der Waals surface area contributed by atoms with E-state index < -0.39 is 6.04 Å². The standard InChI is InChI=1S/C32H28N4O2/c37-29(22-25-19-20-25)35-30(26-15-8-4-9-16-26)32(38)36-21-11-18-28(36)31-33-23-27(34-31)17-10-2-1-5-12-24-13-6-3-7-14-24/h3-4,6-9,13-16,23,25,28,30H,11,18-22H2,(H,33,34)(H,35,37)/t28-,30+/m1/s1. The van der Waals surface area contributed by atoms with Crippen LogP contribution in [0.5, 0.6) is 0 Å². The van der Waals surface area contributed by atoms with E-state index >= 15 is 0 Å². The smallest absolute Gasteiger partial charge is 0.250 e. The lowest BCUT2D eigenvalue weighted by atomic mass is 10.0. The summed E-state index contributed by atoms with van der Waals surface area (Å²) in [5.41, 5.74) is 2.31. The van der Waals surface area contributed by atoms with E-state index in [1.54, 1.807) is 6.20 Å². The molecule has 2 atom stereocenters. The molecule has 1 aliphatic carbocycles. The van der Waals surface area contributed by atoms with Crippen LogP contribution in [0, 0.1) is 41.4 Å². The monoisotopic (exact) mass is 500 g/mol. The van der Waals surface area contributed by atoms with E-state index in [2.05, 4.69) is 50.8 Å². The fourth-order valence-electron chi connectivity index (χ4n) is 4.57. The molecule has 2 fully saturated rings. The zero-order valence-electron chi connectivity index (χ0n) is 21.0. The molecule has 0 radical (unpaired) electrons. The van der Waals surface area contributed by atoms with Gasteiger partial charge in [0.05, 0.1) is 12.2 Å². The predicted molar refractivity (Wildman–Crippen MR) is 145 cm³/mol. The molecule has 1 aliphatic heterocycles.